The molecule has 1 aliphatic rings. The summed E-state index contributed by atoms with van der Waals surface area (Å²) in [5.74, 6) is 0.878. The van der Waals surface area contributed by atoms with Gasteiger partial charge in [0.2, 0.25) is 0 Å². The topological polar surface area (TPSA) is 68.3 Å². The molecule has 0 aliphatic carbocycles. The van der Waals surface area contributed by atoms with Crippen LogP contribution in [0, 0.1) is 13.8 Å². The van der Waals surface area contributed by atoms with E-state index in [1.807, 2.05) is 31.8 Å². The number of nitrogens with zero attached hydrogens (tertiary/aromatic N) is 4. The Morgan fingerprint density at radius 3 is 2.83 bits per heavy atom. The van der Waals surface area contributed by atoms with Gasteiger partial charge in [-0.25, -0.2) is 0 Å². The number of aromatic nitrogens is 3. The molecule has 0 spiro atoms. The zero-order chi connectivity index (χ0) is 17.1. The molecular formula is C17H27N5O2. The van der Waals surface area contributed by atoms with Gasteiger partial charge in [-0.1, -0.05) is 12.1 Å². The summed E-state index contributed by atoms with van der Waals surface area (Å²) >= 11 is 0. The largest absolute Gasteiger partial charge is 0.374 e. The van der Waals surface area contributed by atoms with Crippen LogP contribution < -0.4 is 5.32 Å². The Bertz CT molecular complexity index is 646. The lowest BCUT2D eigenvalue weighted by Gasteiger charge is -2.40. The second-order valence-electron chi connectivity index (χ2n) is 6.36. The molecule has 3 heterocycles. The predicted octanol–water partition coefficient (Wildman–Crippen LogP) is 1.58. The highest BCUT2D eigenvalue weighted by Gasteiger charge is 2.33. The van der Waals surface area contributed by atoms with E-state index in [1.165, 1.54) is 5.56 Å². The summed E-state index contributed by atoms with van der Waals surface area (Å²) in [7, 11) is 1.95. The van der Waals surface area contributed by atoms with E-state index in [0.29, 0.717) is 0 Å². The van der Waals surface area contributed by atoms with E-state index in [1.54, 1.807) is 0 Å². The second kappa shape index (κ2) is 7.46. The highest BCUT2D eigenvalue weighted by atomic mass is 16.5. The minimum absolute atomic E-state index is 0.100. The first-order valence-electron chi connectivity index (χ1n) is 8.56. The number of nitrogens with one attached hydrogen (secondary N) is 1. The van der Waals surface area contributed by atoms with Crippen LogP contribution in [0.25, 0.3) is 0 Å². The molecule has 7 nitrogen and oxygen atoms in total. The minimum atomic E-state index is 0.100. The van der Waals surface area contributed by atoms with Gasteiger partial charge in [-0.05, 0) is 20.4 Å². The van der Waals surface area contributed by atoms with Crippen molar-refractivity contribution < 1.29 is 9.26 Å². The summed E-state index contributed by atoms with van der Waals surface area (Å²) < 4.78 is 13.2. The van der Waals surface area contributed by atoms with Crippen LogP contribution in [-0.4, -0.2) is 52.2 Å². The van der Waals surface area contributed by atoms with Gasteiger partial charge in [-0.3, -0.25) is 9.58 Å². The van der Waals surface area contributed by atoms with Gasteiger partial charge in [0.1, 0.15) is 5.76 Å². The summed E-state index contributed by atoms with van der Waals surface area (Å²) in [5, 5.41) is 11.9. The first-order valence-corrected chi connectivity index (χ1v) is 8.56. The molecule has 1 N–H and O–H groups in total. The molecule has 0 unspecified atom stereocenters. The number of morpholine rings is 1. The van der Waals surface area contributed by atoms with Gasteiger partial charge in [0, 0.05) is 44.0 Å². The number of aryl methyl sites for hydroxylation is 3. The standard InChI is InChI=1S/C17H27N5O2/c1-5-22-6-7-23-16(17(22)14-8-19-21(4)11-14)10-18-9-15-12(2)20-24-13(15)3/h8,11,16-18H,5-7,9-10H2,1-4H3/t16-,17-/m0/s1. The second-order valence-corrected chi connectivity index (χ2v) is 6.36. The first-order chi connectivity index (χ1) is 11.6. The van der Waals surface area contributed by atoms with Gasteiger partial charge in [-0.15, -0.1) is 0 Å². The molecule has 132 valence electrons. The summed E-state index contributed by atoms with van der Waals surface area (Å²) in [6.45, 7) is 10.4. The van der Waals surface area contributed by atoms with Crippen LogP contribution in [0.2, 0.25) is 0 Å². The Morgan fingerprint density at radius 1 is 1.38 bits per heavy atom. The predicted molar refractivity (Wildman–Crippen MR) is 90.6 cm³/mol. The molecule has 0 aromatic carbocycles. The molecule has 0 amide bonds. The SMILES string of the molecule is CCN1CCO[C@@H](CNCc2c(C)noc2C)[C@@H]1c1cnn(C)c1. The third-order valence-electron chi connectivity index (χ3n) is 4.76. The Kier molecular flexibility index (Phi) is 5.33. The van der Waals surface area contributed by atoms with Crippen LogP contribution in [0.1, 0.15) is 35.5 Å². The Balaban J connectivity index is 1.67. The molecule has 0 saturated carbocycles. The van der Waals surface area contributed by atoms with E-state index < -0.39 is 0 Å². The highest BCUT2D eigenvalue weighted by molar-refractivity contribution is 5.20. The Hall–Kier alpha value is -1.70. The monoisotopic (exact) mass is 333 g/mol. The molecule has 0 radical (unpaired) electrons. The van der Waals surface area contributed by atoms with E-state index in [-0.39, 0.29) is 12.1 Å². The van der Waals surface area contributed by atoms with E-state index in [4.69, 9.17) is 9.26 Å². The zero-order valence-corrected chi connectivity index (χ0v) is 15.0. The van der Waals surface area contributed by atoms with Crippen molar-refractivity contribution in [1.82, 2.24) is 25.2 Å². The number of likely N-dealkylation sites (N-methyl/N-ethyl adjacent to an activating group) is 1. The third-order valence-corrected chi connectivity index (χ3v) is 4.76. The summed E-state index contributed by atoms with van der Waals surface area (Å²) in [5.41, 5.74) is 3.29. The van der Waals surface area contributed by atoms with Gasteiger partial charge < -0.3 is 14.6 Å². The van der Waals surface area contributed by atoms with Crippen molar-refractivity contribution in [3.63, 3.8) is 0 Å². The molecule has 3 rings (SSSR count). The van der Waals surface area contributed by atoms with Gasteiger partial charge >= 0.3 is 0 Å². The maximum atomic E-state index is 6.09. The van der Waals surface area contributed by atoms with Crippen LogP contribution in [0.5, 0.6) is 0 Å². The van der Waals surface area contributed by atoms with Gasteiger partial charge in [-0.2, -0.15) is 5.10 Å². The average Bonchev–Trinajstić information content (AvgIpc) is 3.14. The molecule has 24 heavy (non-hydrogen) atoms. The first kappa shape index (κ1) is 17.1. The van der Waals surface area contributed by atoms with Gasteiger partial charge in [0.25, 0.3) is 0 Å². The molecule has 7 heteroatoms. The van der Waals surface area contributed by atoms with Crippen LogP contribution in [0.15, 0.2) is 16.9 Å². The van der Waals surface area contributed by atoms with Crippen LogP contribution in [0.4, 0.5) is 0 Å². The molecule has 2 atom stereocenters. The Labute approximate surface area is 142 Å². The highest BCUT2D eigenvalue weighted by Crippen LogP contribution is 2.29. The smallest absolute Gasteiger partial charge is 0.138 e. The van der Waals surface area contributed by atoms with Crippen LogP contribution >= 0.6 is 0 Å². The van der Waals surface area contributed by atoms with Crippen molar-refractivity contribution in [3.8, 4) is 0 Å². The van der Waals surface area contributed by atoms with Crippen LogP contribution in [0.3, 0.4) is 0 Å². The van der Waals surface area contributed by atoms with Crippen molar-refractivity contribution in [3.05, 3.63) is 35.0 Å². The van der Waals surface area contributed by atoms with E-state index in [2.05, 4.69) is 33.6 Å². The molecule has 2 aromatic heterocycles. The molecule has 1 fully saturated rings. The normalized spacial score (nSPS) is 22.2. The lowest BCUT2D eigenvalue weighted by atomic mass is 10.0. The van der Waals surface area contributed by atoms with E-state index in [9.17, 15) is 0 Å². The molecule has 2 aromatic rings. The maximum Gasteiger partial charge on any atom is 0.138 e. The minimum Gasteiger partial charge on any atom is -0.374 e. The van der Waals surface area contributed by atoms with E-state index >= 15 is 0 Å². The van der Waals surface area contributed by atoms with Crippen molar-refractivity contribution in [1.29, 1.82) is 0 Å². The fourth-order valence-corrected chi connectivity index (χ4v) is 3.42. The summed E-state index contributed by atoms with van der Waals surface area (Å²) in [6.07, 6.45) is 4.13. The molecule has 0 bridgehead atoms. The average molecular weight is 333 g/mol. The fourth-order valence-electron chi connectivity index (χ4n) is 3.42. The summed E-state index contributed by atoms with van der Waals surface area (Å²) in [6, 6.07) is 0.231. The van der Waals surface area contributed by atoms with Crippen molar-refractivity contribution in [2.45, 2.75) is 39.5 Å². The van der Waals surface area contributed by atoms with Gasteiger partial charge in [0.15, 0.2) is 0 Å². The fraction of sp³-hybridized carbons (Fsp3) is 0.647. The lowest BCUT2D eigenvalue weighted by Crippen LogP contribution is -2.48. The van der Waals surface area contributed by atoms with Gasteiger partial charge in [0.05, 0.1) is 30.6 Å². The number of ether oxygens (including phenoxy) is 1. The van der Waals surface area contributed by atoms with Crippen LogP contribution in [-0.2, 0) is 18.3 Å². The Morgan fingerprint density at radius 2 is 2.21 bits per heavy atom. The third kappa shape index (κ3) is 3.53. The number of hydrogen-bond acceptors (Lipinski definition) is 6. The molecule has 1 aliphatic heterocycles. The number of hydrogen-bond donors (Lipinski definition) is 1. The zero-order valence-electron chi connectivity index (χ0n) is 15.0. The van der Waals surface area contributed by atoms with Crippen molar-refractivity contribution in [2.24, 2.45) is 7.05 Å². The molecular weight excluding hydrogens is 306 g/mol. The lowest BCUT2D eigenvalue weighted by molar-refractivity contribution is -0.0695. The quantitative estimate of drug-likeness (QED) is 0.865. The maximum absolute atomic E-state index is 6.09. The molecule has 1 saturated heterocycles. The van der Waals surface area contributed by atoms with Crippen molar-refractivity contribution >= 4 is 0 Å². The number of rotatable bonds is 6. The van der Waals surface area contributed by atoms with E-state index in [0.717, 1.165) is 49.8 Å². The summed E-state index contributed by atoms with van der Waals surface area (Å²) in [4.78, 5) is 2.46. The van der Waals surface area contributed by atoms with Crippen molar-refractivity contribution in [2.75, 3.05) is 26.2 Å².